The number of para-hydroxylation sites is 3. The van der Waals surface area contributed by atoms with Gasteiger partial charge in [0.2, 0.25) is 6.33 Å². The van der Waals surface area contributed by atoms with Gasteiger partial charge in [0.05, 0.1) is 0 Å². The highest BCUT2D eigenvalue weighted by molar-refractivity contribution is 5.88. The number of furan rings is 1. The van der Waals surface area contributed by atoms with E-state index in [1.165, 1.54) is 27.5 Å². The summed E-state index contributed by atoms with van der Waals surface area (Å²) in [5.74, 6) is 0.944. The largest absolute Gasteiger partial charge is 1.00 e. The summed E-state index contributed by atoms with van der Waals surface area (Å²) in [6.45, 7) is 1.58. The van der Waals surface area contributed by atoms with Crippen molar-refractivity contribution in [3.8, 4) is 11.3 Å². The lowest BCUT2D eigenvalue weighted by atomic mass is 10.1. The van der Waals surface area contributed by atoms with E-state index in [0.717, 1.165) is 30.0 Å². The van der Waals surface area contributed by atoms with Gasteiger partial charge in [-0.3, -0.25) is 0 Å². The molecule has 0 fully saturated rings. The number of halogens is 1. The van der Waals surface area contributed by atoms with Crippen molar-refractivity contribution < 1.29 is 26.0 Å². The molecule has 4 heteroatoms. The molecule has 6 aromatic rings. The van der Waals surface area contributed by atoms with Crippen molar-refractivity contribution in [3.63, 3.8) is 0 Å². The number of aromatic nitrogens is 2. The van der Waals surface area contributed by atoms with Crippen molar-refractivity contribution in [2.24, 2.45) is 0 Å². The van der Waals surface area contributed by atoms with E-state index < -0.39 is 0 Å². The van der Waals surface area contributed by atoms with E-state index in [0.29, 0.717) is 0 Å². The number of imidazole rings is 1. The van der Waals surface area contributed by atoms with Gasteiger partial charge in [0.15, 0.2) is 11.0 Å². The van der Waals surface area contributed by atoms with Crippen LogP contribution in [0.5, 0.6) is 0 Å². The SMILES string of the molecule is [Br-].c1ccc(C[n+]2cn(Cc3c(-c4ccccc4)oc4ccccc34)c3ccccc32)cc1. The van der Waals surface area contributed by atoms with Crippen molar-refractivity contribution in [3.05, 3.63) is 127 Å². The molecular weight excluding hydrogens is 472 g/mol. The molecule has 4 aromatic carbocycles. The van der Waals surface area contributed by atoms with Crippen LogP contribution in [0, 0.1) is 0 Å². The van der Waals surface area contributed by atoms with E-state index in [1.54, 1.807) is 0 Å². The van der Waals surface area contributed by atoms with Crippen LogP contribution in [-0.4, -0.2) is 4.57 Å². The topological polar surface area (TPSA) is 21.9 Å². The van der Waals surface area contributed by atoms with Gasteiger partial charge in [0, 0.05) is 16.5 Å². The van der Waals surface area contributed by atoms with Crippen LogP contribution in [-0.2, 0) is 13.1 Å². The Kier molecular flexibility index (Phi) is 5.84. The molecule has 0 radical (unpaired) electrons. The van der Waals surface area contributed by atoms with Gasteiger partial charge in [-0.1, -0.05) is 91.0 Å². The zero-order valence-electron chi connectivity index (χ0n) is 18.1. The molecule has 162 valence electrons. The number of nitrogens with zero attached hydrogens (tertiary/aromatic N) is 2. The highest BCUT2D eigenvalue weighted by Crippen LogP contribution is 2.34. The molecule has 0 saturated carbocycles. The lowest BCUT2D eigenvalue weighted by molar-refractivity contribution is -0.663. The minimum atomic E-state index is 0. The Bertz CT molecular complexity index is 1520. The first-order valence-corrected chi connectivity index (χ1v) is 10.9. The molecule has 0 atom stereocenters. The fourth-order valence-corrected chi connectivity index (χ4v) is 4.52. The Balaban J connectivity index is 0.00000228. The molecule has 0 unspecified atom stereocenters. The lowest BCUT2D eigenvalue weighted by Crippen LogP contribution is -3.00. The molecule has 3 nitrogen and oxygen atoms in total. The van der Waals surface area contributed by atoms with Crippen molar-refractivity contribution in [2.75, 3.05) is 0 Å². The van der Waals surface area contributed by atoms with Gasteiger partial charge in [0.25, 0.3) is 0 Å². The number of hydrogen-bond donors (Lipinski definition) is 0. The maximum absolute atomic E-state index is 6.35. The molecule has 0 aliphatic heterocycles. The standard InChI is InChI=1S/C29H23N2O.BrH/c1-3-11-22(12-4-1)19-30-21-31(27-17-9-8-16-26(27)30)20-25-24-15-7-10-18-28(24)32-29(25)23-13-5-2-6-14-23;/h1-18,21H,19-20H2;1H/q+1;/p-1. The van der Waals surface area contributed by atoms with Crippen LogP contribution in [0.25, 0.3) is 33.3 Å². The quantitative estimate of drug-likeness (QED) is 0.336. The van der Waals surface area contributed by atoms with E-state index in [1.807, 2.05) is 12.1 Å². The summed E-state index contributed by atoms with van der Waals surface area (Å²) in [7, 11) is 0. The van der Waals surface area contributed by atoms with Gasteiger partial charge in [0.1, 0.15) is 24.4 Å². The number of fused-ring (bicyclic) bond motifs is 2. The third-order valence-corrected chi connectivity index (χ3v) is 6.04. The minimum Gasteiger partial charge on any atom is -1.00 e. The van der Waals surface area contributed by atoms with Crippen LogP contribution in [0.15, 0.2) is 120 Å². The van der Waals surface area contributed by atoms with Gasteiger partial charge in [-0.15, -0.1) is 0 Å². The maximum Gasteiger partial charge on any atom is 0.245 e. The Morgan fingerprint density at radius 3 is 2.18 bits per heavy atom. The van der Waals surface area contributed by atoms with Crippen molar-refractivity contribution >= 4 is 22.0 Å². The smallest absolute Gasteiger partial charge is 0.245 e. The first kappa shape index (κ1) is 21.2. The summed E-state index contributed by atoms with van der Waals surface area (Å²) in [6, 6.07) is 37.9. The van der Waals surface area contributed by atoms with E-state index >= 15 is 0 Å². The molecule has 2 heterocycles. The lowest BCUT2D eigenvalue weighted by Gasteiger charge is -2.02. The second kappa shape index (κ2) is 9.08. The van der Waals surface area contributed by atoms with E-state index in [4.69, 9.17) is 4.42 Å². The zero-order chi connectivity index (χ0) is 21.3. The summed E-state index contributed by atoms with van der Waals surface area (Å²) in [5, 5.41) is 1.17. The van der Waals surface area contributed by atoms with Crippen LogP contribution < -0.4 is 21.5 Å². The zero-order valence-corrected chi connectivity index (χ0v) is 19.7. The number of hydrogen-bond acceptors (Lipinski definition) is 1. The predicted octanol–water partition coefficient (Wildman–Crippen LogP) is 3.44. The highest BCUT2D eigenvalue weighted by atomic mass is 79.9. The predicted molar refractivity (Wildman–Crippen MR) is 128 cm³/mol. The van der Waals surface area contributed by atoms with E-state index in [2.05, 4.69) is 113 Å². The molecule has 0 bridgehead atoms. The Morgan fingerprint density at radius 1 is 0.697 bits per heavy atom. The summed E-state index contributed by atoms with van der Waals surface area (Å²) in [5.41, 5.74) is 6.97. The average Bonchev–Trinajstić information content (AvgIpc) is 3.39. The molecule has 0 aliphatic carbocycles. The summed E-state index contributed by atoms with van der Waals surface area (Å²) >= 11 is 0. The van der Waals surface area contributed by atoms with Crippen LogP contribution in [0.1, 0.15) is 11.1 Å². The third-order valence-electron chi connectivity index (χ3n) is 6.04. The third kappa shape index (κ3) is 3.98. The van der Waals surface area contributed by atoms with Crippen molar-refractivity contribution in [2.45, 2.75) is 13.1 Å². The Morgan fingerprint density at radius 2 is 1.36 bits per heavy atom. The summed E-state index contributed by atoms with van der Waals surface area (Å²) in [4.78, 5) is 0. The fourth-order valence-electron chi connectivity index (χ4n) is 4.52. The highest BCUT2D eigenvalue weighted by Gasteiger charge is 2.21. The number of benzene rings is 4. The molecule has 0 amide bonds. The van der Waals surface area contributed by atoms with Gasteiger partial charge in [-0.2, -0.15) is 0 Å². The summed E-state index contributed by atoms with van der Waals surface area (Å²) < 4.78 is 11.0. The molecule has 33 heavy (non-hydrogen) atoms. The van der Waals surface area contributed by atoms with Crippen LogP contribution in [0.3, 0.4) is 0 Å². The molecule has 2 aromatic heterocycles. The van der Waals surface area contributed by atoms with Crippen molar-refractivity contribution in [1.82, 2.24) is 4.57 Å². The monoisotopic (exact) mass is 494 g/mol. The average molecular weight is 495 g/mol. The molecule has 0 saturated heterocycles. The second-order valence-corrected chi connectivity index (χ2v) is 8.12. The van der Waals surface area contributed by atoms with Gasteiger partial charge in [-0.05, 0) is 23.8 Å². The Hall–Kier alpha value is -3.63. The van der Waals surface area contributed by atoms with Crippen LogP contribution in [0.2, 0.25) is 0 Å². The summed E-state index contributed by atoms with van der Waals surface area (Å²) in [6.07, 6.45) is 2.23. The van der Waals surface area contributed by atoms with Crippen LogP contribution in [0.4, 0.5) is 0 Å². The number of rotatable bonds is 5. The Labute approximate surface area is 203 Å². The van der Waals surface area contributed by atoms with E-state index in [9.17, 15) is 0 Å². The normalized spacial score (nSPS) is 11.0. The van der Waals surface area contributed by atoms with Crippen LogP contribution >= 0.6 is 0 Å². The molecule has 6 rings (SSSR count). The minimum absolute atomic E-state index is 0. The molecule has 0 N–H and O–H groups in total. The van der Waals surface area contributed by atoms with Gasteiger partial charge < -0.3 is 21.4 Å². The van der Waals surface area contributed by atoms with E-state index in [-0.39, 0.29) is 17.0 Å². The molecule has 0 spiro atoms. The fraction of sp³-hybridized carbons (Fsp3) is 0.0690. The van der Waals surface area contributed by atoms with Gasteiger partial charge in [-0.25, -0.2) is 9.13 Å². The first-order valence-electron chi connectivity index (χ1n) is 10.9. The molecular formula is C29H23BrN2O. The maximum atomic E-state index is 6.35. The second-order valence-electron chi connectivity index (χ2n) is 8.12. The molecule has 0 aliphatic rings. The van der Waals surface area contributed by atoms with Crippen molar-refractivity contribution in [1.29, 1.82) is 0 Å². The van der Waals surface area contributed by atoms with Gasteiger partial charge >= 0.3 is 0 Å². The first-order chi connectivity index (χ1) is 15.9.